The largest absolute Gasteiger partial charge is 0.460 e. The SMILES string of the molecule is CC(CCCC(F)(F)C(F)(F)C(F)(F)C(F)(F)F)(CCCC(F)(F)C(F)(F)C(F)(F)C(F)(F)F)OC(=O)N1CCC(C(=O)N2CCc3ccccc3C2)CC1. The first kappa shape index (κ1) is 46.1. The van der Waals surface area contributed by atoms with E-state index in [1.165, 1.54) is 0 Å². The van der Waals surface area contributed by atoms with Gasteiger partial charge in [0.1, 0.15) is 5.60 Å². The zero-order valence-corrected chi connectivity index (χ0v) is 28.5. The molecule has 0 bridgehead atoms. The Balaban J connectivity index is 1.74. The van der Waals surface area contributed by atoms with Gasteiger partial charge in [-0.25, -0.2) is 4.79 Å². The van der Waals surface area contributed by atoms with Crippen LogP contribution < -0.4 is 0 Å². The first-order valence-corrected chi connectivity index (χ1v) is 16.5. The molecule has 1 aromatic rings. The molecule has 5 nitrogen and oxygen atoms in total. The molecule has 1 saturated heterocycles. The number of hydrogen-bond donors (Lipinski definition) is 0. The fourth-order valence-corrected chi connectivity index (χ4v) is 6.25. The topological polar surface area (TPSA) is 49.9 Å². The molecule has 0 radical (unpaired) electrons. The van der Waals surface area contributed by atoms with Gasteiger partial charge in [0.25, 0.3) is 0 Å². The van der Waals surface area contributed by atoms with E-state index in [0.717, 1.165) is 16.0 Å². The molecule has 0 aromatic heterocycles. The van der Waals surface area contributed by atoms with Crippen LogP contribution in [0, 0.1) is 5.92 Å². The van der Waals surface area contributed by atoms with Crippen molar-refractivity contribution in [3.8, 4) is 0 Å². The molecule has 23 heteroatoms. The molecule has 0 saturated carbocycles. The van der Waals surface area contributed by atoms with Crippen LogP contribution in [-0.2, 0) is 22.5 Å². The summed E-state index contributed by atoms with van der Waals surface area (Å²) < 4.78 is 245. The summed E-state index contributed by atoms with van der Waals surface area (Å²) in [4.78, 5) is 28.7. The van der Waals surface area contributed by atoms with E-state index < -0.39 is 104 Å². The van der Waals surface area contributed by atoms with Crippen LogP contribution in [0.4, 0.5) is 83.8 Å². The number of alkyl halides is 18. The molecule has 2 aliphatic heterocycles. The molecule has 0 spiro atoms. The molecule has 0 aliphatic carbocycles. The van der Waals surface area contributed by atoms with E-state index in [0.29, 0.717) is 26.4 Å². The summed E-state index contributed by atoms with van der Waals surface area (Å²) in [6.07, 6.45) is -25.7. The van der Waals surface area contributed by atoms with Crippen molar-refractivity contribution in [3.63, 3.8) is 0 Å². The highest BCUT2D eigenvalue weighted by molar-refractivity contribution is 5.79. The van der Waals surface area contributed by atoms with Crippen LogP contribution in [0.1, 0.15) is 69.4 Å². The third-order valence-electron chi connectivity index (χ3n) is 9.69. The lowest BCUT2D eigenvalue weighted by atomic mass is 9.88. The predicted octanol–water partition coefficient (Wildman–Crippen LogP) is 10.5. The molecule has 0 atom stereocenters. The zero-order chi connectivity index (χ0) is 42.3. The van der Waals surface area contributed by atoms with Crippen molar-refractivity contribution >= 4 is 12.0 Å². The molecule has 316 valence electrons. The average Bonchev–Trinajstić information content (AvgIpc) is 3.06. The number of likely N-dealkylation sites (tertiary alicyclic amines) is 1. The Bertz CT molecular complexity index is 1450. The van der Waals surface area contributed by atoms with Crippen molar-refractivity contribution < 1.29 is 93.4 Å². The molecule has 0 unspecified atom stereocenters. The lowest BCUT2D eigenvalue weighted by molar-refractivity contribution is -0.397. The third kappa shape index (κ3) is 9.30. The van der Waals surface area contributed by atoms with Gasteiger partial charge in [0.05, 0.1) is 0 Å². The van der Waals surface area contributed by atoms with E-state index in [-0.39, 0.29) is 31.8 Å². The van der Waals surface area contributed by atoms with E-state index in [9.17, 15) is 88.6 Å². The minimum atomic E-state index is -7.26. The minimum absolute atomic E-state index is 0.00619. The number of carbonyl (C=O) groups excluding carboxylic acids is 2. The summed E-state index contributed by atoms with van der Waals surface area (Å²) >= 11 is 0. The summed E-state index contributed by atoms with van der Waals surface area (Å²) in [6, 6.07) is 7.34. The number of benzene rings is 1. The van der Waals surface area contributed by atoms with Crippen LogP contribution in [-0.4, -0.2) is 94.9 Å². The highest BCUT2D eigenvalue weighted by atomic mass is 19.4. The zero-order valence-electron chi connectivity index (χ0n) is 28.5. The second kappa shape index (κ2) is 15.6. The fraction of sp³-hybridized carbons (Fsp3) is 0.750. The van der Waals surface area contributed by atoms with Crippen LogP contribution in [0.3, 0.4) is 0 Å². The fourth-order valence-electron chi connectivity index (χ4n) is 6.25. The maximum absolute atomic E-state index is 14.2. The van der Waals surface area contributed by atoms with Gasteiger partial charge in [-0.05, 0) is 63.0 Å². The van der Waals surface area contributed by atoms with E-state index in [1.807, 2.05) is 18.2 Å². The summed E-state index contributed by atoms with van der Waals surface area (Å²) in [5.74, 6) is -41.8. The van der Waals surface area contributed by atoms with Crippen molar-refractivity contribution in [1.29, 1.82) is 0 Å². The number of nitrogens with zero attached hydrogens (tertiary/aromatic N) is 2. The Kier molecular flexibility index (Phi) is 13.0. The van der Waals surface area contributed by atoms with E-state index >= 15 is 0 Å². The second-order valence-electron chi connectivity index (χ2n) is 13.8. The summed E-state index contributed by atoms with van der Waals surface area (Å²) in [6.45, 7) is 0.866. The minimum Gasteiger partial charge on any atom is -0.443 e. The number of amides is 2. The molecule has 55 heavy (non-hydrogen) atoms. The van der Waals surface area contributed by atoms with Crippen molar-refractivity contribution in [2.75, 3.05) is 19.6 Å². The van der Waals surface area contributed by atoms with Gasteiger partial charge in [0, 0.05) is 44.9 Å². The second-order valence-corrected chi connectivity index (χ2v) is 13.8. The van der Waals surface area contributed by atoms with Crippen molar-refractivity contribution in [3.05, 3.63) is 35.4 Å². The smallest absolute Gasteiger partial charge is 0.443 e. The number of ether oxygens (including phenoxy) is 1. The molecule has 1 aromatic carbocycles. The van der Waals surface area contributed by atoms with Gasteiger partial charge in [-0.15, -0.1) is 0 Å². The van der Waals surface area contributed by atoms with Gasteiger partial charge in [0.15, 0.2) is 0 Å². The average molecular weight is 837 g/mol. The van der Waals surface area contributed by atoms with Gasteiger partial charge < -0.3 is 14.5 Å². The molecular formula is C32H34F18N2O3. The molecule has 2 aliphatic rings. The number of piperidine rings is 1. The number of rotatable bonds is 14. The third-order valence-corrected chi connectivity index (χ3v) is 9.69. The van der Waals surface area contributed by atoms with Crippen LogP contribution in [0.2, 0.25) is 0 Å². The van der Waals surface area contributed by atoms with E-state index in [2.05, 4.69) is 0 Å². The predicted molar refractivity (Wildman–Crippen MR) is 154 cm³/mol. The van der Waals surface area contributed by atoms with Gasteiger partial charge in [-0.2, -0.15) is 79.0 Å². The number of carbonyl (C=O) groups is 2. The molecule has 2 amide bonds. The number of fused-ring (bicyclic) bond motifs is 1. The Morgan fingerprint density at radius 1 is 0.600 bits per heavy atom. The van der Waals surface area contributed by atoms with Crippen LogP contribution in [0.5, 0.6) is 0 Å². The van der Waals surface area contributed by atoms with Crippen LogP contribution >= 0.6 is 0 Å². The Hall–Kier alpha value is -3.30. The van der Waals surface area contributed by atoms with Gasteiger partial charge in [0.2, 0.25) is 5.91 Å². The van der Waals surface area contributed by atoms with Crippen LogP contribution in [0.25, 0.3) is 0 Å². The first-order valence-electron chi connectivity index (χ1n) is 16.5. The van der Waals surface area contributed by atoms with Crippen molar-refractivity contribution in [1.82, 2.24) is 9.80 Å². The quantitative estimate of drug-likeness (QED) is 0.175. The lowest BCUT2D eigenvalue weighted by Gasteiger charge is -2.38. The molecule has 3 rings (SSSR count). The summed E-state index contributed by atoms with van der Waals surface area (Å²) in [5, 5.41) is 0. The van der Waals surface area contributed by atoms with Gasteiger partial charge >= 0.3 is 54.0 Å². The molecular weight excluding hydrogens is 802 g/mol. The maximum Gasteiger partial charge on any atom is 0.460 e. The van der Waals surface area contributed by atoms with E-state index in [1.54, 1.807) is 11.0 Å². The highest BCUT2D eigenvalue weighted by Crippen LogP contribution is 2.56. The molecule has 0 N–H and O–H groups in total. The normalized spacial score (nSPS) is 17.7. The van der Waals surface area contributed by atoms with E-state index in [4.69, 9.17) is 4.74 Å². The van der Waals surface area contributed by atoms with Crippen molar-refractivity contribution in [2.45, 2.75) is 125 Å². The highest BCUT2D eigenvalue weighted by Gasteiger charge is 2.82. The maximum atomic E-state index is 14.2. The Morgan fingerprint density at radius 2 is 1.02 bits per heavy atom. The Morgan fingerprint density at radius 3 is 1.44 bits per heavy atom. The molecule has 2 heterocycles. The molecule has 1 fully saturated rings. The first-order chi connectivity index (χ1) is 24.7. The lowest BCUT2D eigenvalue weighted by Crippen LogP contribution is -2.60. The van der Waals surface area contributed by atoms with Gasteiger partial charge in [-0.1, -0.05) is 24.3 Å². The number of halogens is 18. The monoisotopic (exact) mass is 836 g/mol. The standard InChI is InChI=1S/C32H34F18N2O3/c1-24(11-4-13-25(33,34)27(37,38)29(41,42)31(45,46)47,12-5-14-26(35,36)28(39,40)30(43,44)32(48,49)50)55-23(54)51-15-9-20(10-16-51)22(53)52-17-8-19-6-2-3-7-21(19)18-52/h2-3,6-7,20H,4-5,8-18H2,1H3. The van der Waals surface area contributed by atoms with Crippen LogP contribution in [0.15, 0.2) is 24.3 Å². The summed E-state index contributed by atoms with van der Waals surface area (Å²) in [7, 11) is 0. The van der Waals surface area contributed by atoms with Crippen molar-refractivity contribution in [2.24, 2.45) is 5.92 Å². The summed E-state index contributed by atoms with van der Waals surface area (Å²) in [5.41, 5.74) is -0.588. The Labute approximate surface area is 301 Å². The number of hydrogen-bond acceptors (Lipinski definition) is 3. The van der Waals surface area contributed by atoms with Gasteiger partial charge in [-0.3, -0.25) is 4.79 Å².